The third kappa shape index (κ3) is 5.48. The molecule has 4 nitrogen and oxygen atoms in total. The topological polar surface area (TPSA) is 58.2 Å². The van der Waals surface area contributed by atoms with E-state index >= 15 is 0 Å². The van der Waals surface area contributed by atoms with E-state index < -0.39 is 12.1 Å². The fourth-order valence-electron chi connectivity index (χ4n) is 1.36. The first-order valence-corrected chi connectivity index (χ1v) is 6.03. The summed E-state index contributed by atoms with van der Waals surface area (Å²) in [5.74, 6) is -2.42. The summed E-state index contributed by atoms with van der Waals surface area (Å²) in [5, 5.41) is 4.47. The third-order valence-electron chi connectivity index (χ3n) is 2.30. The van der Waals surface area contributed by atoms with Crippen LogP contribution in [0.25, 0.3) is 0 Å². The average molecular weight is 309 g/mol. The Bertz CT molecular complexity index is 492. The molecule has 2 N–H and O–H groups in total. The smallest absolute Gasteiger partial charge is 0.354 e. The van der Waals surface area contributed by atoms with Crippen LogP contribution in [0.3, 0.4) is 0 Å². The Kier molecular flexibility index (Phi) is 5.82. The second-order valence-corrected chi connectivity index (χ2v) is 4.28. The van der Waals surface area contributed by atoms with Gasteiger partial charge in [0.25, 0.3) is 0 Å². The van der Waals surface area contributed by atoms with E-state index in [4.69, 9.17) is 11.6 Å². The van der Waals surface area contributed by atoms with Gasteiger partial charge in [0.1, 0.15) is 0 Å². The number of rotatable bonds is 5. The Morgan fingerprint density at radius 1 is 1.10 bits per heavy atom. The molecule has 0 bridgehead atoms. The van der Waals surface area contributed by atoms with Crippen LogP contribution in [-0.2, 0) is 16.0 Å². The Hall–Kier alpha value is -1.76. The molecule has 8 heteroatoms. The molecule has 0 unspecified atom stereocenters. The van der Waals surface area contributed by atoms with E-state index in [0.29, 0.717) is 10.6 Å². The van der Waals surface area contributed by atoms with Crippen molar-refractivity contribution in [2.45, 2.75) is 12.6 Å². The average Bonchev–Trinajstić information content (AvgIpc) is 2.36. The number of carbonyl (C=O) groups excluding carboxylic acids is 2. The van der Waals surface area contributed by atoms with Crippen LogP contribution in [0.15, 0.2) is 24.3 Å². The normalized spacial score (nSPS) is 11.0. The molecule has 0 aliphatic rings. The molecule has 0 aliphatic carbocycles. The number of amides is 2. The van der Waals surface area contributed by atoms with Crippen LogP contribution in [0.4, 0.5) is 13.2 Å². The van der Waals surface area contributed by atoms with Crippen molar-refractivity contribution >= 4 is 23.4 Å². The first kappa shape index (κ1) is 16.3. The van der Waals surface area contributed by atoms with Gasteiger partial charge < -0.3 is 10.6 Å². The zero-order valence-corrected chi connectivity index (χ0v) is 11.0. The van der Waals surface area contributed by atoms with E-state index in [-0.39, 0.29) is 25.4 Å². The number of alkyl halides is 3. The van der Waals surface area contributed by atoms with Gasteiger partial charge in [0, 0.05) is 18.1 Å². The molecule has 1 aromatic rings. The number of hydrogen-bond donors (Lipinski definition) is 2. The summed E-state index contributed by atoms with van der Waals surface area (Å²) in [5.41, 5.74) is 0.617. The molecule has 0 fully saturated rings. The van der Waals surface area contributed by atoms with E-state index in [2.05, 4.69) is 5.32 Å². The SMILES string of the molecule is O=C(Cc1ccccc1Cl)NCCNC(=O)C(F)(F)F. The van der Waals surface area contributed by atoms with E-state index in [1.807, 2.05) is 0 Å². The van der Waals surface area contributed by atoms with Crippen LogP contribution in [-0.4, -0.2) is 31.1 Å². The fourth-order valence-corrected chi connectivity index (χ4v) is 1.56. The number of hydrogen-bond acceptors (Lipinski definition) is 2. The maximum absolute atomic E-state index is 11.9. The molecule has 0 aromatic heterocycles. The molecule has 0 radical (unpaired) electrons. The maximum atomic E-state index is 11.9. The fraction of sp³-hybridized carbons (Fsp3) is 0.333. The molecule has 0 heterocycles. The van der Waals surface area contributed by atoms with Crippen LogP contribution in [0.1, 0.15) is 5.56 Å². The minimum absolute atomic E-state index is 0.0207. The van der Waals surface area contributed by atoms with Gasteiger partial charge in [-0.15, -0.1) is 0 Å². The molecule has 110 valence electrons. The summed E-state index contributed by atoms with van der Waals surface area (Å²) in [6.45, 7) is -0.391. The Morgan fingerprint density at radius 2 is 1.70 bits per heavy atom. The highest BCUT2D eigenvalue weighted by Gasteiger charge is 2.38. The first-order chi connectivity index (χ1) is 9.30. The zero-order chi connectivity index (χ0) is 15.2. The molecular weight excluding hydrogens is 297 g/mol. The van der Waals surface area contributed by atoms with Gasteiger partial charge in [0.2, 0.25) is 5.91 Å². The van der Waals surface area contributed by atoms with Crippen LogP contribution < -0.4 is 10.6 Å². The lowest BCUT2D eigenvalue weighted by Crippen LogP contribution is -2.41. The molecule has 0 saturated carbocycles. The van der Waals surface area contributed by atoms with E-state index in [0.717, 1.165) is 0 Å². The van der Waals surface area contributed by atoms with Crippen molar-refractivity contribution in [3.8, 4) is 0 Å². The van der Waals surface area contributed by atoms with Crippen molar-refractivity contribution in [2.75, 3.05) is 13.1 Å². The monoisotopic (exact) mass is 308 g/mol. The molecule has 0 aliphatic heterocycles. The maximum Gasteiger partial charge on any atom is 0.471 e. The molecule has 0 spiro atoms. The summed E-state index contributed by atoms with van der Waals surface area (Å²) in [4.78, 5) is 22.0. The Morgan fingerprint density at radius 3 is 2.30 bits per heavy atom. The van der Waals surface area contributed by atoms with Gasteiger partial charge in [-0.2, -0.15) is 13.2 Å². The second-order valence-electron chi connectivity index (χ2n) is 3.87. The lowest BCUT2D eigenvalue weighted by atomic mass is 10.1. The van der Waals surface area contributed by atoms with Crippen molar-refractivity contribution in [3.63, 3.8) is 0 Å². The zero-order valence-electron chi connectivity index (χ0n) is 10.3. The predicted molar refractivity (Wildman–Crippen MR) is 67.2 cm³/mol. The highest BCUT2D eigenvalue weighted by Crippen LogP contribution is 2.15. The third-order valence-corrected chi connectivity index (χ3v) is 2.67. The molecule has 1 rings (SSSR count). The lowest BCUT2D eigenvalue weighted by Gasteiger charge is -2.09. The Balaban J connectivity index is 2.28. The molecule has 0 atom stereocenters. The van der Waals surface area contributed by atoms with Crippen molar-refractivity contribution in [1.29, 1.82) is 0 Å². The number of benzene rings is 1. The van der Waals surface area contributed by atoms with Gasteiger partial charge in [-0.3, -0.25) is 9.59 Å². The van der Waals surface area contributed by atoms with Gasteiger partial charge in [0.05, 0.1) is 6.42 Å². The molecule has 20 heavy (non-hydrogen) atoms. The van der Waals surface area contributed by atoms with Crippen LogP contribution in [0.5, 0.6) is 0 Å². The van der Waals surface area contributed by atoms with Crippen molar-refractivity contribution in [2.24, 2.45) is 0 Å². The second kappa shape index (κ2) is 7.14. The number of nitrogens with one attached hydrogen (secondary N) is 2. The molecule has 1 aromatic carbocycles. The van der Waals surface area contributed by atoms with E-state index in [1.165, 1.54) is 0 Å². The highest BCUT2D eigenvalue weighted by atomic mass is 35.5. The minimum atomic E-state index is -4.92. The summed E-state index contributed by atoms with van der Waals surface area (Å²) < 4.78 is 35.6. The van der Waals surface area contributed by atoms with Crippen LogP contribution >= 0.6 is 11.6 Å². The van der Waals surface area contributed by atoms with E-state index in [1.54, 1.807) is 29.6 Å². The standard InChI is InChI=1S/C12H12ClF3N2O2/c13-9-4-2-1-3-8(9)7-10(19)17-5-6-18-11(20)12(14,15)16/h1-4H,5-7H2,(H,17,19)(H,18,20). The quantitative estimate of drug-likeness (QED) is 0.813. The van der Waals surface area contributed by atoms with Gasteiger partial charge in [0.15, 0.2) is 0 Å². The first-order valence-electron chi connectivity index (χ1n) is 5.66. The Labute approximate surface area is 118 Å². The molecular formula is C12H12ClF3N2O2. The van der Waals surface area contributed by atoms with Gasteiger partial charge in [-0.05, 0) is 11.6 Å². The van der Waals surface area contributed by atoms with Gasteiger partial charge in [-0.25, -0.2) is 0 Å². The molecule has 0 saturated heterocycles. The van der Waals surface area contributed by atoms with Crippen molar-refractivity contribution in [3.05, 3.63) is 34.9 Å². The largest absolute Gasteiger partial charge is 0.471 e. The van der Waals surface area contributed by atoms with Crippen molar-refractivity contribution in [1.82, 2.24) is 10.6 Å². The van der Waals surface area contributed by atoms with Crippen LogP contribution in [0, 0.1) is 0 Å². The van der Waals surface area contributed by atoms with Crippen molar-refractivity contribution < 1.29 is 22.8 Å². The van der Waals surface area contributed by atoms with E-state index in [9.17, 15) is 22.8 Å². The lowest BCUT2D eigenvalue weighted by molar-refractivity contribution is -0.173. The summed E-state index contributed by atoms with van der Waals surface area (Å²) in [6.07, 6.45) is -4.89. The van der Waals surface area contributed by atoms with Crippen LogP contribution in [0.2, 0.25) is 5.02 Å². The summed E-state index contributed by atoms with van der Waals surface area (Å²) in [7, 11) is 0. The number of halogens is 4. The highest BCUT2D eigenvalue weighted by molar-refractivity contribution is 6.31. The minimum Gasteiger partial charge on any atom is -0.354 e. The summed E-state index contributed by atoms with van der Waals surface area (Å²) >= 11 is 5.86. The predicted octanol–water partition coefficient (Wildman–Crippen LogP) is 1.68. The molecule has 2 amide bonds. The summed E-state index contributed by atoms with van der Waals surface area (Å²) in [6, 6.07) is 6.75. The van der Waals surface area contributed by atoms with Gasteiger partial charge in [-0.1, -0.05) is 29.8 Å². The number of carbonyl (C=O) groups is 2. The van der Waals surface area contributed by atoms with Gasteiger partial charge >= 0.3 is 12.1 Å².